The van der Waals surface area contributed by atoms with E-state index in [9.17, 15) is 0 Å². The van der Waals surface area contributed by atoms with Crippen LogP contribution in [0.4, 0.5) is 0 Å². The Bertz CT molecular complexity index is 81.1. The number of ether oxygens (including phenoxy) is 1. The van der Waals surface area contributed by atoms with Crippen LogP contribution in [0.15, 0.2) is 0 Å². The maximum Gasteiger partial charge on any atom is 0.0662 e. The lowest BCUT2D eigenvalue weighted by Gasteiger charge is -2.20. The average Bonchev–Trinajstić information content (AvgIpc) is 2.05. The van der Waals surface area contributed by atoms with Crippen LogP contribution in [-0.2, 0) is 4.74 Å². The highest BCUT2D eigenvalue weighted by molar-refractivity contribution is 4.65. The molecule has 0 aliphatic rings. The van der Waals surface area contributed by atoms with Crippen molar-refractivity contribution in [3.8, 4) is 0 Å². The van der Waals surface area contributed by atoms with Crippen molar-refractivity contribution in [2.75, 3.05) is 26.9 Å². The lowest BCUT2D eigenvalue weighted by molar-refractivity contribution is 0.00293. The van der Waals surface area contributed by atoms with E-state index in [2.05, 4.69) is 0 Å². The van der Waals surface area contributed by atoms with Crippen molar-refractivity contribution in [1.82, 2.24) is 0 Å². The lowest BCUT2D eigenvalue weighted by Crippen LogP contribution is -2.23. The predicted octanol–water partition coefficient (Wildman–Crippen LogP) is -0.235. The van der Waals surface area contributed by atoms with Crippen LogP contribution in [0.2, 0.25) is 0 Å². The van der Waals surface area contributed by atoms with Gasteiger partial charge >= 0.3 is 0 Å². The van der Waals surface area contributed by atoms with Gasteiger partial charge in [0.15, 0.2) is 0 Å². The van der Waals surface area contributed by atoms with E-state index in [4.69, 9.17) is 20.1 Å². The zero-order chi connectivity index (χ0) is 10.0. The van der Waals surface area contributed by atoms with Gasteiger partial charge in [-0.1, -0.05) is 0 Å². The van der Waals surface area contributed by atoms with Gasteiger partial charge in [-0.05, 0) is 20.3 Å². The molecule has 0 saturated heterocycles. The zero-order valence-electron chi connectivity index (χ0n) is 8.08. The molecule has 0 radical (unpaired) electrons. The first-order valence-corrected chi connectivity index (χ1v) is 3.91. The fourth-order valence-electron chi connectivity index (χ4n) is 0.371. The second kappa shape index (κ2) is 8.93. The van der Waals surface area contributed by atoms with Crippen LogP contribution < -0.4 is 0 Å². The maximum absolute atomic E-state index is 8.45. The fraction of sp³-hybridized carbons (Fsp3) is 1.00. The summed E-state index contributed by atoms with van der Waals surface area (Å²) in [5, 5.41) is 23.7. The summed E-state index contributed by atoms with van der Waals surface area (Å²) in [7, 11) is 1.65. The summed E-state index contributed by atoms with van der Waals surface area (Å²) in [6, 6.07) is 0. The first kappa shape index (κ1) is 14.4. The second-order valence-corrected chi connectivity index (χ2v) is 2.88. The summed E-state index contributed by atoms with van der Waals surface area (Å²) >= 11 is 0. The Morgan fingerprint density at radius 3 is 1.50 bits per heavy atom. The van der Waals surface area contributed by atoms with Gasteiger partial charge in [0.1, 0.15) is 0 Å². The third-order valence-electron chi connectivity index (χ3n) is 1.37. The first-order valence-electron chi connectivity index (χ1n) is 3.91. The van der Waals surface area contributed by atoms with Gasteiger partial charge in [0.2, 0.25) is 0 Å². The van der Waals surface area contributed by atoms with Crippen LogP contribution in [-0.4, -0.2) is 47.9 Å². The number of methoxy groups -OCH3 is 1. The molecule has 0 fully saturated rings. The van der Waals surface area contributed by atoms with Gasteiger partial charge in [0.05, 0.1) is 18.8 Å². The maximum atomic E-state index is 8.45. The van der Waals surface area contributed by atoms with Gasteiger partial charge in [-0.25, -0.2) is 0 Å². The van der Waals surface area contributed by atoms with E-state index in [0.717, 1.165) is 0 Å². The van der Waals surface area contributed by atoms with Crippen LogP contribution in [0.3, 0.4) is 0 Å². The molecular formula is C8H20O4. The highest BCUT2D eigenvalue weighted by Crippen LogP contribution is 2.10. The first-order chi connectivity index (χ1) is 5.54. The summed E-state index contributed by atoms with van der Waals surface area (Å²) in [4.78, 5) is 0. The number of hydrogen-bond donors (Lipinski definition) is 3. The molecule has 0 amide bonds. The van der Waals surface area contributed by atoms with E-state index >= 15 is 0 Å². The van der Waals surface area contributed by atoms with Crippen LogP contribution in [0.1, 0.15) is 20.3 Å². The summed E-state index contributed by atoms with van der Waals surface area (Å²) in [6.45, 7) is 3.84. The zero-order valence-corrected chi connectivity index (χ0v) is 8.08. The quantitative estimate of drug-likeness (QED) is 0.558. The molecule has 0 aromatic rings. The minimum Gasteiger partial charge on any atom is -0.396 e. The third kappa shape index (κ3) is 12.5. The van der Waals surface area contributed by atoms with Crippen LogP contribution in [0, 0.1) is 0 Å². The van der Waals surface area contributed by atoms with Crippen molar-refractivity contribution in [2.45, 2.75) is 25.9 Å². The second-order valence-electron chi connectivity index (χ2n) is 2.88. The van der Waals surface area contributed by atoms with E-state index in [0.29, 0.717) is 6.42 Å². The van der Waals surface area contributed by atoms with Gasteiger partial charge in [-0.3, -0.25) is 0 Å². The molecule has 3 N–H and O–H groups in total. The van der Waals surface area contributed by atoms with Crippen molar-refractivity contribution in [3.63, 3.8) is 0 Å². The molecule has 0 heterocycles. The Morgan fingerprint density at radius 1 is 1.00 bits per heavy atom. The smallest absolute Gasteiger partial charge is 0.0662 e. The molecule has 0 aliphatic heterocycles. The van der Waals surface area contributed by atoms with Crippen molar-refractivity contribution in [2.24, 2.45) is 0 Å². The molecule has 4 heteroatoms. The van der Waals surface area contributed by atoms with Crippen LogP contribution in [0.5, 0.6) is 0 Å². The number of rotatable bonds is 4. The Balaban J connectivity index is 0. The molecule has 0 bridgehead atoms. The Hall–Kier alpha value is -0.160. The van der Waals surface area contributed by atoms with Gasteiger partial charge in [-0.2, -0.15) is 0 Å². The average molecular weight is 180 g/mol. The van der Waals surface area contributed by atoms with E-state index in [1.54, 1.807) is 7.11 Å². The molecule has 12 heavy (non-hydrogen) atoms. The SMILES string of the molecule is COC(C)(C)CCO.OCCO. The van der Waals surface area contributed by atoms with Crippen molar-refractivity contribution >= 4 is 0 Å². The minimum absolute atomic E-state index is 0.125. The summed E-state index contributed by atoms with van der Waals surface area (Å²) in [5.41, 5.74) is -0.158. The molecular weight excluding hydrogens is 160 g/mol. The van der Waals surface area contributed by atoms with Crippen molar-refractivity contribution in [3.05, 3.63) is 0 Å². The Morgan fingerprint density at radius 2 is 1.42 bits per heavy atom. The minimum atomic E-state index is -0.158. The van der Waals surface area contributed by atoms with Crippen LogP contribution >= 0.6 is 0 Å². The highest BCUT2D eigenvalue weighted by Gasteiger charge is 2.13. The largest absolute Gasteiger partial charge is 0.396 e. The summed E-state index contributed by atoms with van der Waals surface area (Å²) in [6.07, 6.45) is 0.698. The van der Waals surface area contributed by atoms with Crippen LogP contribution in [0.25, 0.3) is 0 Å². The van der Waals surface area contributed by atoms with E-state index < -0.39 is 0 Å². The molecule has 0 saturated carbocycles. The monoisotopic (exact) mass is 180 g/mol. The number of aliphatic hydroxyl groups is 3. The van der Waals surface area contributed by atoms with Gasteiger partial charge in [0, 0.05) is 13.7 Å². The summed E-state index contributed by atoms with van der Waals surface area (Å²) < 4.78 is 5.02. The normalized spacial score (nSPS) is 10.5. The highest BCUT2D eigenvalue weighted by atomic mass is 16.5. The standard InChI is InChI=1S/C6H14O2.C2H6O2/c1-6(2,8-3)4-5-7;3-1-2-4/h7H,4-5H2,1-3H3;3-4H,1-2H2. The van der Waals surface area contributed by atoms with E-state index in [1.165, 1.54) is 0 Å². The third-order valence-corrected chi connectivity index (χ3v) is 1.37. The lowest BCUT2D eigenvalue weighted by atomic mass is 10.1. The van der Waals surface area contributed by atoms with Crippen molar-refractivity contribution in [1.29, 1.82) is 0 Å². The molecule has 4 nitrogen and oxygen atoms in total. The molecule has 0 rings (SSSR count). The molecule has 0 aromatic heterocycles. The van der Waals surface area contributed by atoms with E-state index in [1.807, 2.05) is 13.8 Å². The predicted molar refractivity (Wildman–Crippen MR) is 47.0 cm³/mol. The number of aliphatic hydroxyl groups excluding tert-OH is 3. The van der Waals surface area contributed by atoms with Gasteiger partial charge in [-0.15, -0.1) is 0 Å². The van der Waals surface area contributed by atoms with Gasteiger partial charge in [0.25, 0.3) is 0 Å². The Kier molecular flexibility index (Phi) is 10.7. The molecule has 0 unspecified atom stereocenters. The molecule has 0 atom stereocenters. The fourth-order valence-corrected chi connectivity index (χ4v) is 0.371. The molecule has 76 valence electrons. The number of hydrogen-bond acceptors (Lipinski definition) is 4. The molecule has 0 spiro atoms. The Labute approximate surface area is 73.8 Å². The van der Waals surface area contributed by atoms with E-state index in [-0.39, 0.29) is 25.4 Å². The summed E-state index contributed by atoms with van der Waals surface area (Å²) in [5.74, 6) is 0. The molecule has 0 aromatic carbocycles. The topological polar surface area (TPSA) is 69.9 Å². The van der Waals surface area contributed by atoms with Crippen molar-refractivity contribution < 1.29 is 20.1 Å². The molecule has 0 aliphatic carbocycles. The van der Waals surface area contributed by atoms with Gasteiger partial charge < -0.3 is 20.1 Å².